The van der Waals surface area contributed by atoms with Crippen LogP contribution in [0.25, 0.3) is 5.00 Å². The molecule has 0 saturated carbocycles. The molecule has 3 aromatic rings. The van der Waals surface area contributed by atoms with Gasteiger partial charge in [0.2, 0.25) is 0 Å². The van der Waals surface area contributed by atoms with Crippen molar-refractivity contribution in [1.82, 2.24) is 20.1 Å². The van der Waals surface area contributed by atoms with E-state index in [1.807, 2.05) is 25.1 Å². The molecule has 0 radical (unpaired) electrons. The Kier molecular flexibility index (Phi) is 6.88. The number of ketones is 1. The lowest BCUT2D eigenvalue weighted by Gasteiger charge is -2.31. The van der Waals surface area contributed by atoms with Gasteiger partial charge in [-0.2, -0.15) is 0 Å². The second-order valence-corrected chi connectivity index (χ2v) is 11.9. The number of fused-ring (bicyclic) bond motifs is 5. The zero-order valence-electron chi connectivity index (χ0n) is 20.8. The van der Waals surface area contributed by atoms with E-state index in [0.717, 1.165) is 69.2 Å². The lowest BCUT2D eigenvalue weighted by Crippen LogP contribution is -2.33. The fourth-order valence-electron chi connectivity index (χ4n) is 4.74. The number of carbonyl (C=O) groups excluding carboxylic acids is 1. The Balaban J connectivity index is 1.49. The highest BCUT2D eigenvalue weighted by atomic mass is 32.2. The summed E-state index contributed by atoms with van der Waals surface area (Å²) in [5.41, 5.74) is 4.16. The third-order valence-electron chi connectivity index (χ3n) is 6.74. The maximum absolute atomic E-state index is 14.0. The van der Waals surface area contributed by atoms with Crippen LogP contribution < -0.4 is 5.32 Å². The first kappa shape index (κ1) is 24.3. The summed E-state index contributed by atoms with van der Waals surface area (Å²) in [4.78, 5) is 15.1. The molecule has 184 valence electrons. The van der Waals surface area contributed by atoms with Gasteiger partial charge in [-0.15, -0.1) is 21.5 Å². The maximum atomic E-state index is 14.0. The van der Waals surface area contributed by atoms with E-state index in [2.05, 4.69) is 59.1 Å². The Hall–Kier alpha value is -2.42. The van der Waals surface area contributed by atoms with Crippen molar-refractivity contribution in [3.63, 3.8) is 0 Å². The highest BCUT2D eigenvalue weighted by molar-refractivity contribution is 7.99. The van der Waals surface area contributed by atoms with Crippen LogP contribution in [-0.4, -0.2) is 38.4 Å². The Bertz CT molecular complexity index is 1260. The quantitative estimate of drug-likeness (QED) is 0.311. The van der Waals surface area contributed by atoms with Crippen molar-refractivity contribution in [1.29, 1.82) is 0 Å². The molecule has 6 nitrogen and oxygen atoms in total. The topological polar surface area (TPSA) is 69.0 Å². The van der Waals surface area contributed by atoms with Gasteiger partial charge in [-0.3, -0.25) is 9.36 Å². The van der Waals surface area contributed by atoms with Gasteiger partial charge in [-0.1, -0.05) is 48.2 Å². The van der Waals surface area contributed by atoms with Crippen LogP contribution in [0.3, 0.4) is 0 Å². The van der Waals surface area contributed by atoms with Gasteiger partial charge in [-0.05, 0) is 51.7 Å². The Morgan fingerprint density at radius 3 is 2.89 bits per heavy atom. The van der Waals surface area contributed by atoms with Crippen molar-refractivity contribution in [2.75, 3.05) is 12.3 Å². The smallest absolute Gasteiger partial charge is 0.196 e. The molecule has 0 bridgehead atoms. The number of ether oxygens (including phenoxy) is 1. The Labute approximate surface area is 215 Å². The fraction of sp³-hybridized carbons (Fsp3) is 0.444. The summed E-state index contributed by atoms with van der Waals surface area (Å²) < 4.78 is 8.25. The predicted octanol–water partition coefficient (Wildman–Crippen LogP) is 5.70. The first-order valence-electron chi connectivity index (χ1n) is 12.2. The van der Waals surface area contributed by atoms with Gasteiger partial charge in [0.15, 0.2) is 10.9 Å². The average Bonchev–Trinajstić information content (AvgIpc) is 3.43. The molecule has 2 aliphatic heterocycles. The molecule has 35 heavy (non-hydrogen) atoms. The van der Waals surface area contributed by atoms with Crippen LogP contribution in [0.5, 0.6) is 0 Å². The minimum Gasteiger partial charge on any atom is -0.388 e. The molecule has 2 aliphatic rings. The number of hydrogen-bond donors (Lipinski definition) is 1. The fourth-order valence-corrected chi connectivity index (χ4v) is 6.84. The summed E-state index contributed by atoms with van der Waals surface area (Å²) in [6, 6.07) is 10.4. The zero-order valence-corrected chi connectivity index (χ0v) is 22.4. The van der Waals surface area contributed by atoms with Crippen LogP contribution in [0.1, 0.15) is 72.2 Å². The number of nitrogens with zero attached hydrogens (tertiary/aromatic N) is 3. The van der Waals surface area contributed by atoms with Crippen LogP contribution in [0.15, 0.2) is 47.3 Å². The van der Waals surface area contributed by atoms with E-state index in [1.54, 1.807) is 23.1 Å². The molecule has 2 aromatic heterocycles. The van der Waals surface area contributed by atoms with E-state index >= 15 is 0 Å². The summed E-state index contributed by atoms with van der Waals surface area (Å²) in [6.07, 6.45) is 4.36. The SMILES string of the molecule is C/C=C(\C)NCCSc1nnc2n1-c1sc3c(c1C(=O)C2CCc1ccccc1)CC(C)(C)OC3. The van der Waals surface area contributed by atoms with E-state index in [1.165, 1.54) is 5.56 Å². The van der Waals surface area contributed by atoms with E-state index in [4.69, 9.17) is 4.74 Å². The first-order valence-corrected chi connectivity index (χ1v) is 14.0. The highest BCUT2D eigenvalue weighted by Crippen LogP contribution is 2.46. The highest BCUT2D eigenvalue weighted by Gasteiger charge is 2.42. The molecule has 0 amide bonds. The van der Waals surface area contributed by atoms with Gasteiger partial charge in [-0.25, -0.2) is 0 Å². The summed E-state index contributed by atoms with van der Waals surface area (Å²) in [5, 5.41) is 14.4. The van der Waals surface area contributed by atoms with Crippen molar-refractivity contribution in [3.05, 3.63) is 69.5 Å². The van der Waals surface area contributed by atoms with E-state index in [-0.39, 0.29) is 17.3 Å². The van der Waals surface area contributed by atoms with Crippen molar-refractivity contribution in [3.8, 4) is 5.00 Å². The van der Waals surface area contributed by atoms with E-state index < -0.39 is 0 Å². The maximum Gasteiger partial charge on any atom is 0.196 e. The number of aryl methyl sites for hydroxylation is 1. The summed E-state index contributed by atoms with van der Waals surface area (Å²) in [7, 11) is 0. The van der Waals surface area contributed by atoms with Crippen LogP contribution in [-0.2, 0) is 24.2 Å². The van der Waals surface area contributed by atoms with Gasteiger partial charge in [0.05, 0.1) is 23.7 Å². The number of thiophene rings is 1. The third-order valence-corrected chi connectivity index (χ3v) is 8.86. The summed E-state index contributed by atoms with van der Waals surface area (Å²) in [5.74, 6) is 1.53. The molecule has 1 aromatic carbocycles. The van der Waals surface area contributed by atoms with Gasteiger partial charge < -0.3 is 10.1 Å². The number of carbonyl (C=O) groups is 1. The predicted molar refractivity (Wildman–Crippen MR) is 142 cm³/mol. The van der Waals surface area contributed by atoms with Crippen LogP contribution in [0.4, 0.5) is 0 Å². The monoisotopic (exact) mass is 508 g/mol. The minimum absolute atomic E-state index is 0.188. The van der Waals surface area contributed by atoms with Crippen molar-refractivity contribution >= 4 is 28.9 Å². The van der Waals surface area contributed by atoms with Gasteiger partial charge in [0, 0.05) is 29.3 Å². The molecule has 1 atom stereocenters. The Morgan fingerprint density at radius 2 is 2.11 bits per heavy atom. The molecular weight excluding hydrogens is 476 g/mol. The number of hydrogen-bond acceptors (Lipinski definition) is 7. The summed E-state index contributed by atoms with van der Waals surface area (Å²) >= 11 is 3.35. The molecule has 4 heterocycles. The third kappa shape index (κ3) is 4.84. The first-order chi connectivity index (χ1) is 16.9. The number of nitrogens with one attached hydrogen (secondary N) is 1. The van der Waals surface area contributed by atoms with Crippen LogP contribution >= 0.6 is 23.1 Å². The van der Waals surface area contributed by atoms with Crippen molar-refractivity contribution < 1.29 is 9.53 Å². The number of thioether (sulfide) groups is 1. The molecule has 8 heteroatoms. The van der Waals surface area contributed by atoms with Crippen molar-refractivity contribution in [2.45, 2.75) is 70.2 Å². The second-order valence-electron chi connectivity index (χ2n) is 9.77. The molecule has 0 aliphatic carbocycles. The lowest BCUT2D eigenvalue weighted by molar-refractivity contribution is -0.0383. The zero-order chi connectivity index (χ0) is 24.6. The van der Waals surface area contributed by atoms with Crippen LogP contribution in [0, 0.1) is 0 Å². The molecule has 0 fully saturated rings. The van der Waals surface area contributed by atoms with E-state index in [9.17, 15) is 4.79 Å². The summed E-state index contributed by atoms with van der Waals surface area (Å²) in [6.45, 7) is 9.70. The molecular formula is C27H32N4O2S2. The average molecular weight is 509 g/mol. The number of Topliss-reactive ketones (excluding diaryl/α,β-unsaturated/α-hetero) is 1. The minimum atomic E-state index is -0.294. The molecule has 1 unspecified atom stereocenters. The molecule has 0 spiro atoms. The number of aromatic nitrogens is 3. The van der Waals surface area contributed by atoms with E-state index in [0.29, 0.717) is 6.61 Å². The van der Waals surface area contributed by atoms with Gasteiger partial charge in [0.1, 0.15) is 10.8 Å². The standard InChI is InChI=1S/C27H32N4O2S2/c1-5-17(2)28-13-14-34-26-30-29-24-19(12-11-18-9-7-6-8-10-18)23(32)22-20-15-27(3,4)33-16-21(20)35-25(22)31(24)26/h5-10,19,28H,11-16H2,1-4H3/b17-5+. The van der Waals surface area contributed by atoms with Crippen LogP contribution in [0.2, 0.25) is 0 Å². The largest absolute Gasteiger partial charge is 0.388 e. The normalized spacial score (nSPS) is 18.7. The number of allylic oxidation sites excluding steroid dienone is 2. The molecule has 0 saturated heterocycles. The van der Waals surface area contributed by atoms with Crippen molar-refractivity contribution in [2.24, 2.45) is 0 Å². The molecule has 5 rings (SSSR count). The molecule has 1 N–H and O–H groups in total. The number of rotatable bonds is 8. The Morgan fingerprint density at radius 1 is 1.31 bits per heavy atom. The lowest BCUT2D eigenvalue weighted by atomic mass is 9.84. The van der Waals surface area contributed by atoms with Gasteiger partial charge in [0.25, 0.3) is 0 Å². The van der Waals surface area contributed by atoms with Gasteiger partial charge >= 0.3 is 0 Å². The number of benzene rings is 1. The second kappa shape index (κ2) is 9.91.